The van der Waals surface area contributed by atoms with Gasteiger partial charge in [-0.1, -0.05) is 41.9 Å². The highest BCUT2D eigenvalue weighted by Gasteiger charge is 2.23. The highest BCUT2D eigenvalue weighted by atomic mass is 35.5. The van der Waals surface area contributed by atoms with E-state index in [1.165, 1.54) is 11.8 Å². The van der Waals surface area contributed by atoms with Crippen LogP contribution in [-0.2, 0) is 5.75 Å². The minimum absolute atomic E-state index is 0.0935. The Kier molecular flexibility index (Phi) is 8.51. The second kappa shape index (κ2) is 12.4. The van der Waals surface area contributed by atoms with Crippen molar-refractivity contribution in [2.75, 3.05) is 0 Å². The summed E-state index contributed by atoms with van der Waals surface area (Å²) < 4.78 is 66.2. The van der Waals surface area contributed by atoms with Crippen molar-refractivity contribution >= 4 is 29.1 Å². The molecule has 0 N–H and O–H groups in total. The molecule has 1 aromatic heterocycles. The Labute approximate surface area is 240 Å². The highest BCUT2D eigenvalue weighted by Crippen LogP contribution is 2.33. The molecule has 0 spiro atoms. The van der Waals surface area contributed by atoms with Crippen LogP contribution >= 0.6 is 23.4 Å². The molecule has 0 radical (unpaired) electrons. The molecule has 0 fully saturated rings. The second-order valence-corrected chi connectivity index (χ2v) is 9.93. The molecule has 0 saturated carbocycles. The molecule has 4 aromatic carbocycles. The van der Waals surface area contributed by atoms with Gasteiger partial charge in [-0.2, -0.15) is 4.98 Å². The van der Waals surface area contributed by atoms with Crippen molar-refractivity contribution < 1.29 is 31.8 Å². The molecule has 0 aliphatic carbocycles. The molecule has 206 valence electrons. The number of nitrogens with zero attached hydrogens (tertiary/aromatic N) is 2. The summed E-state index contributed by atoms with van der Waals surface area (Å²) in [7, 11) is 0. The topological polar surface area (TPSA) is 61.3 Å². The third-order valence-electron chi connectivity index (χ3n) is 5.60. The number of carbonyl (C=O) groups excluding carboxylic acids is 1. The van der Waals surface area contributed by atoms with Crippen molar-refractivity contribution in [1.29, 1.82) is 0 Å². The number of thioether (sulfide) groups is 1. The Bertz CT molecular complexity index is 1740. The zero-order valence-corrected chi connectivity index (χ0v) is 22.4. The van der Waals surface area contributed by atoms with Gasteiger partial charge in [0.15, 0.2) is 23.1 Å². The Morgan fingerprint density at radius 3 is 2.10 bits per heavy atom. The summed E-state index contributed by atoms with van der Waals surface area (Å²) in [5, 5.41) is 0.131. The van der Waals surface area contributed by atoms with E-state index in [1.54, 1.807) is 18.2 Å². The fourth-order valence-electron chi connectivity index (χ4n) is 3.61. The molecule has 5 rings (SSSR count). The van der Waals surface area contributed by atoms with Crippen molar-refractivity contribution in [2.45, 2.75) is 10.6 Å². The molecule has 0 aliphatic rings. The predicted molar refractivity (Wildman–Crippen MR) is 146 cm³/mol. The summed E-state index contributed by atoms with van der Waals surface area (Å²) in [6.45, 7) is 0. The van der Waals surface area contributed by atoms with Crippen LogP contribution in [0.1, 0.15) is 21.5 Å². The zero-order chi connectivity index (χ0) is 28.9. The lowest BCUT2D eigenvalue weighted by molar-refractivity contribution is 0.103. The fraction of sp³-hybridized carbons (Fsp3) is 0.0333. The van der Waals surface area contributed by atoms with Crippen LogP contribution in [0.5, 0.6) is 23.4 Å². The number of rotatable bonds is 9. The number of hydrogen-bond donors (Lipinski definition) is 0. The van der Waals surface area contributed by atoms with Gasteiger partial charge in [0.25, 0.3) is 0 Å². The number of halogens is 5. The summed E-state index contributed by atoms with van der Waals surface area (Å²) in [6.07, 6.45) is 1.04. The molecule has 0 bridgehead atoms. The van der Waals surface area contributed by atoms with Crippen molar-refractivity contribution in [3.63, 3.8) is 0 Å². The molecule has 0 aliphatic heterocycles. The minimum atomic E-state index is -1.06. The molecular formula is C30H17ClF4N2O3S. The molecule has 41 heavy (non-hydrogen) atoms. The van der Waals surface area contributed by atoms with E-state index in [2.05, 4.69) is 9.97 Å². The smallest absolute Gasteiger partial charge is 0.325 e. The molecule has 0 atom stereocenters. The van der Waals surface area contributed by atoms with Gasteiger partial charge in [0, 0.05) is 34.5 Å². The third kappa shape index (κ3) is 6.85. The molecule has 5 nitrogen and oxygen atoms in total. The lowest BCUT2D eigenvalue weighted by atomic mass is 10.1. The first-order valence-electron chi connectivity index (χ1n) is 11.9. The summed E-state index contributed by atoms with van der Waals surface area (Å²) in [5.74, 6) is -5.10. The van der Waals surface area contributed by atoms with Crippen LogP contribution in [0.2, 0.25) is 5.02 Å². The minimum Gasteiger partial charge on any atom is -0.435 e. The average Bonchev–Trinajstić information content (AvgIpc) is 2.96. The van der Waals surface area contributed by atoms with Gasteiger partial charge in [0.05, 0.1) is 5.02 Å². The second-order valence-electron chi connectivity index (χ2n) is 8.47. The summed E-state index contributed by atoms with van der Waals surface area (Å²) in [4.78, 5) is 22.4. The van der Waals surface area contributed by atoms with Gasteiger partial charge in [-0.05, 0) is 48.0 Å². The van der Waals surface area contributed by atoms with Gasteiger partial charge in [0.2, 0.25) is 11.7 Å². The molecule has 0 unspecified atom stereocenters. The maximum absolute atomic E-state index is 14.4. The Hall–Kier alpha value is -4.41. The van der Waals surface area contributed by atoms with Crippen LogP contribution in [0, 0.1) is 23.3 Å². The molecule has 11 heteroatoms. The fourth-order valence-corrected chi connectivity index (χ4v) is 4.70. The molecular weight excluding hydrogens is 580 g/mol. The van der Waals surface area contributed by atoms with Crippen LogP contribution in [0.25, 0.3) is 0 Å². The van der Waals surface area contributed by atoms with Crippen LogP contribution in [0.3, 0.4) is 0 Å². The van der Waals surface area contributed by atoms with E-state index in [1.807, 2.05) is 30.3 Å². The largest absolute Gasteiger partial charge is 0.435 e. The van der Waals surface area contributed by atoms with E-state index in [9.17, 15) is 22.4 Å². The number of carbonyl (C=O) groups is 1. The first-order valence-corrected chi connectivity index (χ1v) is 13.3. The van der Waals surface area contributed by atoms with Gasteiger partial charge in [0.1, 0.15) is 17.2 Å². The summed E-state index contributed by atoms with van der Waals surface area (Å²) in [5.41, 5.74) is 0.947. The molecule has 5 aromatic rings. The predicted octanol–water partition coefficient (Wildman–Crippen LogP) is 8.79. The Morgan fingerprint density at radius 2 is 1.44 bits per heavy atom. The van der Waals surface area contributed by atoms with Crippen LogP contribution in [0.15, 0.2) is 96.0 Å². The summed E-state index contributed by atoms with van der Waals surface area (Å²) >= 11 is 7.86. The van der Waals surface area contributed by atoms with Gasteiger partial charge in [-0.25, -0.2) is 22.5 Å². The van der Waals surface area contributed by atoms with E-state index in [0.717, 1.165) is 40.9 Å². The Balaban J connectivity index is 1.49. The number of benzene rings is 4. The van der Waals surface area contributed by atoms with E-state index < -0.39 is 52.4 Å². The standard InChI is InChI=1S/C30H17ClF4N2O3S/c31-23-9-8-20(41-16-17-4-2-1-3-5-17)14-21(23)28(38)22-15-36-30(40-27-11-7-19(33)13-25(27)35)37-29(22)39-26-10-6-18(32)12-24(26)34/h1-15H,16H2. The first kappa shape index (κ1) is 28.1. The lowest BCUT2D eigenvalue weighted by Crippen LogP contribution is -2.08. The number of ether oxygens (including phenoxy) is 2. The van der Waals surface area contributed by atoms with Crippen LogP contribution in [-0.4, -0.2) is 15.8 Å². The quantitative estimate of drug-likeness (QED) is 0.0963. The van der Waals surface area contributed by atoms with Gasteiger partial charge in [-0.15, -0.1) is 11.8 Å². The lowest BCUT2D eigenvalue weighted by Gasteiger charge is -2.13. The Morgan fingerprint density at radius 1 is 0.780 bits per heavy atom. The number of hydrogen-bond acceptors (Lipinski definition) is 6. The zero-order valence-electron chi connectivity index (χ0n) is 20.8. The van der Waals surface area contributed by atoms with Gasteiger partial charge in [-0.3, -0.25) is 4.79 Å². The molecule has 0 amide bonds. The van der Waals surface area contributed by atoms with Crippen molar-refractivity contribution in [3.8, 4) is 23.4 Å². The maximum atomic E-state index is 14.4. The average molecular weight is 597 g/mol. The normalized spacial score (nSPS) is 10.9. The number of aromatic nitrogens is 2. The van der Waals surface area contributed by atoms with E-state index in [4.69, 9.17) is 21.1 Å². The van der Waals surface area contributed by atoms with Crippen molar-refractivity contribution in [3.05, 3.63) is 136 Å². The van der Waals surface area contributed by atoms with E-state index >= 15 is 0 Å². The molecule has 0 saturated heterocycles. The van der Waals surface area contributed by atoms with Crippen molar-refractivity contribution in [1.82, 2.24) is 9.97 Å². The summed E-state index contributed by atoms with van der Waals surface area (Å²) in [6, 6.07) is 19.3. The highest BCUT2D eigenvalue weighted by molar-refractivity contribution is 7.98. The number of ketones is 1. The SMILES string of the molecule is O=C(c1cc(SCc2ccccc2)ccc1Cl)c1cnc(Oc2ccc(F)cc2F)nc1Oc1ccc(F)cc1F. The van der Waals surface area contributed by atoms with E-state index in [-0.39, 0.29) is 16.1 Å². The first-order chi connectivity index (χ1) is 19.8. The van der Waals surface area contributed by atoms with E-state index in [0.29, 0.717) is 17.9 Å². The van der Waals surface area contributed by atoms with Crippen LogP contribution < -0.4 is 9.47 Å². The maximum Gasteiger partial charge on any atom is 0.325 e. The van der Waals surface area contributed by atoms with Crippen LogP contribution in [0.4, 0.5) is 17.6 Å². The van der Waals surface area contributed by atoms with Crippen molar-refractivity contribution in [2.24, 2.45) is 0 Å². The monoisotopic (exact) mass is 596 g/mol. The third-order valence-corrected chi connectivity index (χ3v) is 7.00. The molecule has 1 heterocycles. The van der Waals surface area contributed by atoms with Gasteiger partial charge < -0.3 is 9.47 Å². The van der Waals surface area contributed by atoms with Gasteiger partial charge >= 0.3 is 6.01 Å².